The molecule has 0 N–H and O–H groups in total. The molecule has 0 saturated carbocycles. The van der Waals surface area contributed by atoms with Crippen LogP contribution >= 0.6 is 0 Å². The van der Waals surface area contributed by atoms with Crippen LogP contribution in [0.1, 0.15) is 31.2 Å². The van der Waals surface area contributed by atoms with Crippen molar-refractivity contribution >= 4 is 9.84 Å². The largest absolute Gasteiger partial charge is 0.296 e. The first-order valence-electron chi connectivity index (χ1n) is 8.53. The van der Waals surface area contributed by atoms with Crippen molar-refractivity contribution in [3.8, 4) is 0 Å². The van der Waals surface area contributed by atoms with Gasteiger partial charge in [0.25, 0.3) is 0 Å². The van der Waals surface area contributed by atoms with Crippen LogP contribution in [-0.2, 0) is 22.9 Å². The standard InChI is InChI=1S/C18H25N3O2S/c1-24(22,23)18-8-6-16(7-9-18)15-20-12-3-2-5-17(20)10-14-21-13-4-11-19-21/h4,6-9,11,13,17H,2-3,5,10,12,14-15H2,1H3. The molecule has 1 saturated heterocycles. The van der Waals surface area contributed by atoms with Gasteiger partial charge in [0, 0.05) is 37.8 Å². The summed E-state index contributed by atoms with van der Waals surface area (Å²) in [6.07, 6.45) is 9.93. The normalized spacial score (nSPS) is 19.5. The van der Waals surface area contributed by atoms with Crippen molar-refractivity contribution in [2.75, 3.05) is 12.8 Å². The predicted octanol–water partition coefficient (Wildman–Crippen LogP) is 2.73. The van der Waals surface area contributed by atoms with E-state index in [1.165, 1.54) is 31.1 Å². The summed E-state index contributed by atoms with van der Waals surface area (Å²) < 4.78 is 25.1. The lowest BCUT2D eigenvalue weighted by atomic mass is 9.98. The predicted molar refractivity (Wildman–Crippen MR) is 94.4 cm³/mol. The quantitative estimate of drug-likeness (QED) is 0.806. The maximum atomic E-state index is 11.6. The van der Waals surface area contributed by atoms with Crippen LogP contribution in [0, 0.1) is 0 Å². The van der Waals surface area contributed by atoms with Gasteiger partial charge in [0.2, 0.25) is 0 Å². The van der Waals surface area contributed by atoms with E-state index in [0.717, 1.165) is 26.1 Å². The van der Waals surface area contributed by atoms with Gasteiger partial charge in [-0.1, -0.05) is 18.6 Å². The first-order chi connectivity index (χ1) is 11.5. The highest BCUT2D eigenvalue weighted by Gasteiger charge is 2.22. The van der Waals surface area contributed by atoms with E-state index in [9.17, 15) is 8.42 Å². The molecule has 0 aliphatic carbocycles. The third-order valence-electron chi connectivity index (χ3n) is 4.74. The Hall–Kier alpha value is -1.66. The summed E-state index contributed by atoms with van der Waals surface area (Å²) in [4.78, 5) is 2.92. The Morgan fingerprint density at radius 1 is 1.21 bits per heavy atom. The van der Waals surface area contributed by atoms with Gasteiger partial charge < -0.3 is 0 Å². The van der Waals surface area contributed by atoms with Crippen LogP contribution in [0.25, 0.3) is 0 Å². The van der Waals surface area contributed by atoms with Crippen LogP contribution in [0.15, 0.2) is 47.6 Å². The number of likely N-dealkylation sites (tertiary alicyclic amines) is 1. The topological polar surface area (TPSA) is 55.2 Å². The van der Waals surface area contributed by atoms with Gasteiger partial charge in [-0.05, 0) is 49.6 Å². The van der Waals surface area contributed by atoms with Gasteiger partial charge in [0.15, 0.2) is 9.84 Å². The fourth-order valence-corrected chi connectivity index (χ4v) is 4.02. The number of hydrogen-bond acceptors (Lipinski definition) is 4. The molecule has 0 spiro atoms. The number of rotatable bonds is 6. The minimum atomic E-state index is -3.12. The summed E-state index contributed by atoms with van der Waals surface area (Å²) in [5, 5.41) is 4.28. The van der Waals surface area contributed by atoms with Gasteiger partial charge in [-0.2, -0.15) is 5.10 Å². The SMILES string of the molecule is CS(=O)(=O)c1ccc(CN2CCCCC2CCn2cccn2)cc1. The summed E-state index contributed by atoms with van der Waals surface area (Å²) in [5.41, 5.74) is 1.17. The number of benzene rings is 1. The van der Waals surface area contributed by atoms with Gasteiger partial charge >= 0.3 is 0 Å². The molecule has 6 heteroatoms. The smallest absolute Gasteiger partial charge is 0.175 e. The lowest BCUT2D eigenvalue weighted by molar-refractivity contribution is 0.127. The first-order valence-corrected chi connectivity index (χ1v) is 10.4. The van der Waals surface area contributed by atoms with Crippen LogP contribution in [0.3, 0.4) is 0 Å². The average molecular weight is 347 g/mol. The minimum absolute atomic E-state index is 0.389. The molecule has 1 atom stereocenters. The van der Waals surface area contributed by atoms with E-state index in [-0.39, 0.29) is 0 Å². The second kappa shape index (κ2) is 7.49. The molecular weight excluding hydrogens is 322 g/mol. The molecule has 0 bridgehead atoms. The molecule has 1 aromatic carbocycles. The first kappa shape index (κ1) is 17.2. The van der Waals surface area contributed by atoms with E-state index in [0.29, 0.717) is 10.9 Å². The van der Waals surface area contributed by atoms with Crippen molar-refractivity contribution in [1.29, 1.82) is 0 Å². The fourth-order valence-electron chi connectivity index (χ4n) is 3.39. The van der Waals surface area contributed by atoms with E-state index in [4.69, 9.17) is 0 Å². The second-order valence-electron chi connectivity index (χ2n) is 6.59. The number of nitrogens with zero attached hydrogens (tertiary/aromatic N) is 3. The van der Waals surface area contributed by atoms with E-state index in [1.54, 1.807) is 12.1 Å². The third kappa shape index (κ3) is 4.45. The number of aryl methyl sites for hydroxylation is 1. The third-order valence-corrected chi connectivity index (χ3v) is 5.87. The summed E-state index contributed by atoms with van der Waals surface area (Å²) in [6, 6.07) is 9.84. The van der Waals surface area contributed by atoms with Gasteiger partial charge in [-0.15, -0.1) is 0 Å². The Labute approximate surface area is 144 Å². The van der Waals surface area contributed by atoms with E-state index in [2.05, 4.69) is 10.00 Å². The highest BCUT2D eigenvalue weighted by atomic mass is 32.2. The van der Waals surface area contributed by atoms with Crippen molar-refractivity contribution < 1.29 is 8.42 Å². The Morgan fingerprint density at radius 3 is 2.67 bits per heavy atom. The molecule has 130 valence electrons. The fraction of sp³-hybridized carbons (Fsp3) is 0.500. The Kier molecular flexibility index (Phi) is 5.36. The van der Waals surface area contributed by atoms with E-state index >= 15 is 0 Å². The number of aromatic nitrogens is 2. The van der Waals surface area contributed by atoms with Crippen LogP contribution in [0.5, 0.6) is 0 Å². The zero-order chi connectivity index (χ0) is 17.0. The van der Waals surface area contributed by atoms with Crippen molar-refractivity contribution in [1.82, 2.24) is 14.7 Å². The van der Waals surface area contributed by atoms with Gasteiger partial charge in [0.1, 0.15) is 0 Å². The van der Waals surface area contributed by atoms with Crippen LogP contribution in [0.4, 0.5) is 0 Å². The van der Waals surface area contributed by atoms with Crippen molar-refractivity contribution in [3.05, 3.63) is 48.3 Å². The lowest BCUT2D eigenvalue weighted by Crippen LogP contribution is -2.39. The van der Waals surface area contributed by atoms with Crippen molar-refractivity contribution in [2.45, 2.75) is 49.7 Å². The van der Waals surface area contributed by atoms with Gasteiger partial charge in [-0.25, -0.2) is 8.42 Å². The molecular formula is C18H25N3O2S. The Bertz CT molecular complexity index is 739. The molecule has 1 aliphatic heterocycles. The van der Waals surface area contributed by atoms with Crippen LogP contribution in [0.2, 0.25) is 0 Å². The summed E-state index contributed by atoms with van der Waals surface area (Å²) in [5.74, 6) is 0. The van der Waals surface area contributed by atoms with Crippen LogP contribution in [-0.4, -0.2) is 41.9 Å². The van der Waals surface area contributed by atoms with E-state index in [1.807, 2.05) is 35.3 Å². The van der Waals surface area contributed by atoms with Gasteiger partial charge in [0.05, 0.1) is 4.90 Å². The molecule has 0 radical (unpaired) electrons. The van der Waals surface area contributed by atoms with E-state index < -0.39 is 9.84 Å². The summed E-state index contributed by atoms with van der Waals surface area (Å²) in [7, 11) is -3.12. The van der Waals surface area contributed by atoms with Crippen molar-refractivity contribution in [2.24, 2.45) is 0 Å². The molecule has 1 fully saturated rings. The molecule has 1 aromatic heterocycles. The van der Waals surface area contributed by atoms with Crippen molar-refractivity contribution in [3.63, 3.8) is 0 Å². The maximum Gasteiger partial charge on any atom is 0.175 e. The minimum Gasteiger partial charge on any atom is -0.296 e. The average Bonchev–Trinajstić information content (AvgIpc) is 3.07. The maximum absolute atomic E-state index is 11.6. The molecule has 24 heavy (non-hydrogen) atoms. The number of piperidine rings is 1. The lowest BCUT2D eigenvalue weighted by Gasteiger charge is -2.36. The molecule has 1 aliphatic rings. The zero-order valence-electron chi connectivity index (χ0n) is 14.1. The Morgan fingerprint density at radius 2 is 2.00 bits per heavy atom. The van der Waals surface area contributed by atoms with Gasteiger partial charge in [-0.3, -0.25) is 9.58 Å². The number of sulfone groups is 1. The molecule has 1 unspecified atom stereocenters. The summed E-state index contributed by atoms with van der Waals surface area (Å²) >= 11 is 0. The monoisotopic (exact) mass is 347 g/mol. The second-order valence-corrected chi connectivity index (χ2v) is 8.61. The molecule has 2 aromatic rings. The highest BCUT2D eigenvalue weighted by Crippen LogP contribution is 2.23. The molecule has 2 heterocycles. The zero-order valence-corrected chi connectivity index (χ0v) is 15.0. The summed E-state index contributed by atoms with van der Waals surface area (Å²) in [6.45, 7) is 2.94. The number of hydrogen-bond donors (Lipinski definition) is 0. The van der Waals surface area contributed by atoms with Crippen LogP contribution < -0.4 is 0 Å². The molecule has 3 rings (SSSR count). The molecule has 0 amide bonds. The highest BCUT2D eigenvalue weighted by molar-refractivity contribution is 7.90. The Balaban J connectivity index is 1.62. The molecule has 5 nitrogen and oxygen atoms in total.